The number of rotatable bonds is 0. The summed E-state index contributed by atoms with van der Waals surface area (Å²) in [6.07, 6.45) is 0.749. The van der Waals surface area contributed by atoms with E-state index in [0.29, 0.717) is 5.92 Å². The maximum atomic E-state index is 12.7. The zero-order valence-corrected chi connectivity index (χ0v) is 6.27. The zero-order valence-electron chi connectivity index (χ0n) is 6.27. The van der Waals surface area contributed by atoms with Gasteiger partial charge in [-0.2, -0.15) is 0 Å². The van der Waals surface area contributed by atoms with Crippen molar-refractivity contribution in [3.8, 4) is 0 Å². The summed E-state index contributed by atoms with van der Waals surface area (Å²) >= 11 is 0. The van der Waals surface area contributed by atoms with Crippen LogP contribution < -0.4 is 0 Å². The molecule has 10 heavy (non-hydrogen) atoms. The molecule has 2 heteroatoms. The quantitative estimate of drug-likeness (QED) is 0.492. The van der Waals surface area contributed by atoms with E-state index in [0.717, 1.165) is 6.42 Å². The predicted molar refractivity (Wildman–Crippen MR) is 34.9 cm³/mol. The SMILES string of the molecule is CC1C2C(C[C@@H]1C)C2(F)F. The fraction of sp³-hybridized carbons (Fsp3) is 1.00. The highest BCUT2D eigenvalue weighted by atomic mass is 19.3. The Balaban J connectivity index is 2.13. The molecule has 0 spiro atoms. The van der Waals surface area contributed by atoms with Crippen LogP contribution >= 0.6 is 0 Å². The minimum atomic E-state index is -2.29. The van der Waals surface area contributed by atoms with E-state index in [9.17, 15) is 8.78 Å². The van der Waals surface area contributed by atoms with Gasteiger partial charge in [0.05, 0.1) is 0 Å². The Morgan fingerprint density at radius 3 is 2.20 bits per heavy atom. The van der Waals surface area contributed by atoms with Crippen molar-refractivity contribution in [3.05, 3.63) is 0 Å². The van der Waals surface area contributed by atoms with E-state index in [-0.39, 0.29) is 17.8 Å². The highest BCUT2D eigenvalue weighted by Gasteiger charge is 2.73. The molecule has 0 aliphatic heterocycles. The van der Waals surface area contributed by atoms with Gasteiger partial charge in [-0.05, 0) is 18.3 Å². The van der Waals surface area contributed by atoms with Gasteiger partial charge >= 0.3 is 0 Å². The van der Waals surface area contributed by atoms with Crippen molar-refractivity contribution >= 4 is 0 Å². The standard InChI is InChI=1S/C8H12F2/c1-4-3-6-7(5(4)2)8(6,9)10/h4-7H,3H2,1-2H3/t4-,5?,6?,7?/m0/s1. The van der Waals surface area contributed by atoms with Crippen molar-refractivity contribution in [3.63, 3.8) is 0 Å². The first-order valence-electron chi connectivity index (χ1n) is 3.93. The van der Waals surface area contributed by atoms with Crippen LogP contribution in [0.5, 0.6) is 0 Å². The molecule has 0 aromatic rings. The Hall–Kier alpha value is -0.140. The van der Waals surface area contributed by atoms with Crippen LogP contribution in [0.4, 0.5) is 8.78 Å². The van der Waals surface area contributed by atoms with Gasteiger partial charge in [-0.3, -0.25) is 0 Å². The van der Waals surface area contributed by atoms with Crippen molar-refractivity contribution in [2.75, 3.05) is 0 Å². The van der Waals surface area contributed by atoms with Crippen LogP contribution in [0, 0.1) is 23.7 Å². The molecule has 2 aliphatic rings. The van der Waals surface area contributed by atoms with Gasteiger partial charge in [-0.15, -0.1) is 0 Å². The average molecular weight is 146 g/mol. The molecule has 2 aliphatic carbocycles. The van der Waals surface area contributed by atoms with E-state index in [1.807, 2.05) is 6.92 Å². The molecule has 2 rings (SSSR count). The number of hydrogen-bond donors (Lipinski definition) is 0. The van der Waals surface area contributed by atoms with Crippen molar-refractivity contribution in [2.45, 2.75) is 26.2 Å². The van der Waals surface area contributed by atoms with E-state index in [2.05, 4.69) is 6.92 Å². The maximum absolute atomic E-state index is 12.7. The monoisotopic (exact) mass is 146 g/mol. The Morgan fingerprint density at radius 1 is 1.30 bits per heavy atom. The topological polar surface area (TPSA) is 0 Å². The molecule has 0 radical (unpaired) electrons. The van der Waals surface area contributed by atoms with Crippen LogP contribution in [0.1, 0.15) is 20.3 Å². The molecule has 0 N–H and O–H groups in total. The molecule has 0 nitrogen and oxygen atoms in total. The van der Waals surface area contributed by atoms with Gasteiger partial charge in [0.1, 0.15) is 0 Å². The molecule has 0 amide bonds. The van der Waals surface area contributed by atoms with Crippen LogP contribution in [0.3, 0.4) is 0 Å². The van der Waals surface area contributed by atoms with Crippen LogP contribution in [0.2, 0.25) is 0 Å². The molecular formula is C8H12F2. The molecule has 0 bridgehead atoms. The van der Waals surface area contributed by atoms with Crippen LogP contribution in [-0.4, -0.2) is 5.92 Å². The van der Waals surface area contributed by atoms with E-state index in [4.69, 9.17) is 0 Å². The fourth-order valence-electron chi connectivity index (χ4n) is 2.41. The number of hydrogen-bond acceptors (Lipinski definition) is 0. The van der Waals surface area contributed by atoms with Gasteiger partial charge in [0, 0.05) is 11.8 Å². The molecule has 0 heterocycles. The maximum Gasteiger partial charge on any atom is 0.254 e. The lowest BCUT2D eigenvalue weighted by Crippen LogP contribution is -2.13. The highest BCUT2D eigenvalue weighted by Crippen LogP contribution is 2.67. The molecule has 0 aromatic heterocycles. The second kappa shape index (κ2) is 1.54. The fourth-order valence-corrected chi connectivity index (χ4v) is 2.41. The lowest BCUT2D eigenvalue weighted by atomic mass is 9.94. The Labute approximate surface area is 59.6 Å². The van der Waals surface area contributed by atoms with E-state index >= 15 is 0 Å². The van der Waals surface area contributed by atoms with Gasteiger partial charge in [0.2, 0.25) is 0 Å². The number of halogens is 2. The van der Waals surface area contributed by atoms with Crippen LogP contribution in [0.25, 0.3) is 0 Å². The molecule has 0 saturated heterocycles. The minimum absolute atomic E-state index is 0.250. The highest BCUT2D eigenvalue weighted by molar-refractivity contribution is 5.13. The van der Waals surface area contributed by atoms with Gasteiger partial charge < -0.3 is 0 Å². The summed E-state index contributed by atoms with van der Waals surface area (Å²) in [4.78, 5) is 0. The van der Waals surface area contributed by atoms with E-state index < -0.39 is 5.92 Å². The predicted octanol–water partition coefficient (Wildman–Crippen LogP) is 2.54. The smallest absolute Gasteiger partial charge is 0.206 e. The largest absolute Gasteiger partial charge is 0.254 e. The van der Waals surface area contributed by atoms with Crippen molar-refractivity contribution in [1.82, 2.24) is 0 Å². The third-order valence-corrected chi connectivity index (χ3v) is 3.35. The normalized spacial score (nSPS) is 56.4. The molecule has 3 unspecified atom stereocenters. The lowest BCUT2D eigenvalue weighted by Gasteiger charge is -2.14. The summed E-state index contributed by atoms with van der Waals surface area (Å²) in [6, 6.07) is 0. The van der Waals surface area contributed by atoms with E-state index in [1.165, 1.54) is 0 Å². The summed E-state index contributed by atoms with van der Waals surface area (Å²) in [7, 11) is 0. The van der Waals surface area contributed by atoms with Crippen LogP contribution in [0.15, 0.2) is 0 Å². The summed E-state index contributed by atoms with van der Waals surface area (Å²) in [5, 5.41) is 0. The minimum Gasteiger partial charge on any atom is -0.206 e. The van der Waals surface area contributed by atoms with Crippen LogP contribution in [-0.2, 0) is 0 Å². The van der Waals surface area contributed by atoms with Gasteiger partial charge in [-0.25, -0.2) is 8.78 Å². The van der Waals surface area contributed by atoms with Gasteiger partial charge in [0.15, 0.2) is 0 Å². The molecule has 0 aromatic carbocycles. The van der Waals surface area contributed by atoms with Crippen molar-refractivity contribution < 1.29 is 8.78 Å². The second-order valence-electron chi connectivity index (χ2n) is 3.88. The summed E-state index contributed by atoms with van der Waals surface area (Å²) in [6.45, 7) is 4.03. The summed E-state index contributed by atoms with van der Waals surface area (Å²) in [5.74, 6) is -2.03. The van der Waals surface area contributed by atoms with Gasteiger partial charge in [-0.1, -0.05) is 13.8 Å². The first-order valence-corrected chi connectivity index (χ1v) is 3.93. The molecule has 58 valence electrons. The summed E-state index contributed by atoms with van der Waals surface area (Å²) in [5.41, 5.74) is 0. The first-order chi connectivity index (χ1) is 4.55. The first kappa shape index (κ1) is 6.56. The second-order valence-corrected chi connectivity index (χ2v) is 3.88. The molecule has 4 atom stereocenters. The summed E-state index contributed by atoms with van der Waals surface area (Å²) < 4.78 is 25.3. The average Bonchev–Trinajstić information content (AvgIpc) is 2.12. The Morgan fingerprint density at radius 2 is 1.90 bits per heavy atom. The Kier molecular flexibility index (Phi) is 1.01. The zero-order chi connectivity index (χ0) is 7.52. The number of alkyl halides is 2. The Bertz CT molecular complexity index is 163. The third-order valence-electron chi connectivity index (χ3n) is 3.35. The third kappa shape index (κ3) is 0.553. The van der Waals surface area contributed by atoms with Crippen molar-refractivity contribution in [2.24, 2.45) is 23.7 Å². The lowest BCUT2D eigenvalue weighted by molar-refractivity contribution is 0.0508. The van der Waals surface area contributed by atoms with Gasteiger partial charge in [0.25, 0.3) is 5.92 Å². The molecular weight excluding hydrogens is 134 g/mol. The van der Waals surface area contributed by atoms with Crippen molar-refractivity contribution in [1.29, 1.82) is 0 Å². The molecule has 2 saturated carbocycles. The van der Waals surface area contributed by atoms with E-state index in [1.54, 1.807) is 0 Å². The number of fused-ring (bicyclic) bond motifs is 1. The molecule has 2 fully saturated rings.